The maximum Gasteiger partial charge on any atom is 0.170 e. The van der Waals surface area contributed by atoms with Gasteiger partial charge in [-0.15, -0.1) is 0 Å². The highest BCUT2D eigenvalue weighted by Gasteiger charge is 1.95. The standard InChI is InChI=1S/C11H15N2S/c1-3-8-12-11(14)13-10-6-4-9(2)5-7-10/h4-7H,2-3,8H2,1H3,(H2,12,13,14). The lowest BCUT2D eigenvalue weighted by Crippen LogP contribution is -2.28. The molecule has 0 aliphatic heterocycles. The SMILES string of the molecule is [CH2]c1ccc(NC(=S)NCCC)cc1. The maximum atomic E-state index is 5.10. The summed E-state index contributed by atoms with van der Waals surface area (Å²) in [4.78, 5) is 0. The van der Waals surface area contributed by atoms with E-state index in [4.69, 9.17) is 12.2 Å². The second kappa shape index (κ2) is 5.60. The van der Waals surface area contributed by atoms with Gasteiger partial charge in [0.25, 0.3) is 0 Å². The van der Waals surface area contributed by atoms with E-state index in [1.165, 1.54) is 0 Å². The number of benzene rings is 1. The van der Waals surface area contributed by atoms with Crippen LogP contribution in [0.1, 0.15) is 18.9 Å². The average Bonchev–Trinajstić information content (AvgIpc) is 2.18. The Kier molecular flexibility index (Phi) is 4.40. The minimum Gasteiger partial charge on any atom is -0.362 e. The topological polar surface area (TPSA) is 24.1 Å². The number of nitrogens with one attached hydrogen (secondary N) is 2. The summed E-state index contributed by atoms with van der Waals surface area (Å²) >= 11 is 5.10. The van der Waals surface area contributed by atoms with Crippen LogP contribution in [0.15, 0.2) is 24.3 Å². The largest absolute Gasteiger partial charge is 0.362 e. The number of thiocarbonyl (C=S) groups is 1. The molecule has 0 aliphatic rings. The third kappa shape index (κ3) is 3.75. The highest BCUT2D eigenvalue weighted by atomic mass is 32.1. The van der Waals surface area contributed by atoms with E-state index in [2.05, 4.69) is 24.5 Å². The van der Waals surface area contributed by atoms with E-state index >= 15 is 0 Å². The molecule has 2 N–H and O–H groups in total. The van der Waals surface area contributed by atoms with Gasteiger partial charge in [-0.05, 0) is 43.3 Å². The summed E-state index contributed by atoms with van der Waals surface area (Å²) in [6.07, 6.45) is 1.07. The van der Waals surface area contributed by atoms with Crippen LogP contribution in [0.5, 0.6) is 0 Å². The van der Waals surface area contributed by atoms with Gasteiger partial charge >= 0.3 is 0 Å². The fourth-order valence-electron chi connectivity index (χ4n) is 1.00. The van der Waals surface area contributed by atoms with Crippen LogP contribution in [0.3, 0.4) is 0 Å². The highest BCUT2D eigenvalue weighted by Crippen LogP contribution is 2.07. The molecule has 0 bridgehead atoms. The fourth-order valence-corrected chi connectivity index (χ4v) is 1.22. The van der Waals surface area contributed by atoms with Crippen molar-refractivity contribution in [2.24, 2.45) is 0 Å². The van der Waals surface area contributed by atoms with Crippen molar-refractivity contribution in [1.29, 1.82) is 0 Å². The molecule has 0 aliphatic carbocycles. The molecule has 1 aromatic carbocycles. The second-order valence-corrected chi connectivity index (χ2v) is 3.49. The smallest absolute Gasteiger partial charge is 0.170 e. The van der Waals surface area contributed by atoms with E-state index in [9.17, 15) is 0 Å². The zero-order chi connectivity index (χ0) is 10.4. The van der Waals surface area contributed by atoms with Crippen LogP contribution in [0.4, 0.5) is 5.69 Å². The van der Waals surface area contributed by atoms with Crippen LogP contribution < -0.4 is 10.6 Å². The van der Waals surface area contributed by atoms with Crippen LogP contribution >= 0.6 is 12.2 Å². The summed E-state index contributed by atoms with van der Waals surface area (Å²) in [6.45, 7) is 6.82. The zero-order valence-electron chi connectivity index (χ0n) is 8.34. The number of hydrogen-bond acceptors (Lipinski definition) is 1. The van der Waals surface area contributed by atoms with Gasteiger partial charge in [-0.1, -0.05) is 19.1 Å². The van der Waals surface area contributed by atoms with E-state index < -0.39 is 0 Å². The van der Waals surface area contributed by atoms with Crippen LogP contribution in [0.25, 0.3) is 0 Å². The van der Waals surface area contributed by atoms with E-state index in [1.54, 1.807) is 0 Å². The zero-order valence-corrected chi connectivity index (χ0v) is 9.16. The summed E-state index contributed by atoms with van der Waals surface area (Å²) in [6, 6.07) is 7.82. The first-order valence-electron chi connectivity index (χ1n) is 4.69. The Balaban J connectivity index is 2.44. The van der Waals surface area contributed by atoms with Crippen molar-refractivity contribution in [3.05, 3.63) is 36.8 Å². The Morgan fingerprint density at radius 2 is 2.00 bits per heavy atom. The summed E-state index contributed by atoms with van der Waals surface area (Å²) in [7, 11) is 0. The molecule has 0 amide bonds. The molecule has 3 heteroatoms. The molecule has 1 radical (unpaired) electrons. The van der Waals surface area contributed by atoms with Gasteiger partial charge in [-0.3, -0.25) is 0 Å². The Hall–Kier alpha value is -1.09. The molecule has 14 heavy (non-hydrogen) atoms. The lowest BCUT2D eigenvalue weighted by atomic mass is 10.2. The molecule has 1 rings (SSSR count). The fraction of sp³-hybridized carbons (Fsp3) is 0.273. The van der Waals surface area contributed by atoms with Crippen molar-refractivity contribution < 1.29 is 0 Å². The van der Waals surface area contributed by atoms with Crippen molar-refractivity contribution in [2.75, 3.05) is 11.9 Å². The first kappa shape index (κ1) is 11.0. The average molecular weight is 207 g/mol. The molecule has 0 heterocycles. The van der Waals surface area contributed by atoms with E-state index in [-0.39, 0.29) is 0 Å². The van der Waals surface area contributed by atoms with E-state index in [0.29, 0.717) is 5.11 Å². The van der Waals surface area contributed by atoms with Crippen molar-refractivity contribution >= 4 is 23.0 Å². The Morgan fingerprint density at radius 1 is 1.36 bits per heavy atom. The van der Waals surface area contributed by atoms with Crippen molar-refractivity contribution in [3.63, 3.8) is 0 Å². The quantitative estimate of drug-likeness (QED) is 0.745. The molecule has 75 valence electrons. The highest BCUT2D eigenvalue weighted by molar-refractivity contribution is 7.80. The molecule has 0 spiro atoms. The van der Waals surface area contributed by atoms with Crippen molar-refractivity contribution in [1.82, 2.24) is 5.32 Å². The van der Waals surface area contributed by atoms with Crippen molar-refractivity contribution in [2.45, 2.75) is 13.3 Å². The minimum absolute atomic E-state index is 0.670. The summed E-state index contributed by atoms with van der Waals surface area (Å²) in [5.41, 5.74) is 1.99. The lowest BCUT2D eigenvalue weighted by Gasteiger charge is -2.09. The lowest BCUT2D eigenvalue weighted by molar-refractivity contribution is 0.846. The van der Waals surface area contributed by atoms with Gasteiger partial charge in [-0.2, -0.15) is 0 Å². The summed E-state index contributed by atoms with van der Waals surface area (Å²) in [5.74, 6) is 0. The molecule has 1 aromatic rings. The maximum absolute atomic E-state index is 5.10. The monoisotopic (exact) mass is 207 g/mol. The molecule has 0 fully saturated rings. The minimum atomic E-state index is 0.670. The Bertz CT molecular complexity index is 293. The molecule has 0 unspecified atom stereocenters. The third-order valence-electron chi connectivity index (χ3n) is 1.75. The number of hydrogen-bond donors (Lipinski definition) is 2. The number of anilines is 1. The predicted molar refractivity (Wildman–Crippen MR) is 65.4 cm³/mol. The van der Waals surface area contributed by atoms with Gasteiger partial charge in [0.15, 0.2) is 5.11 Å². The van der Waals surface area contributed by atoms with Crippen LogP contribution in [-0.2, 0) is 0 Å². The van der Waals surface area contributed by atoms with Gasteiger partial charge in [0.2, 0.25) is 0 Å². The molecule has 2 nitrogen and oxygen atoms in total. The first-order valence-corrected chi connectivity index (χ1v) is 5.10. The summed E-state index contributed by atoms with van der Waals surface area (Å²) in [5, 5.41) is 6.87. The second-order valence-electron chi connectivity index (χ2n) is 3.08. The summed E-state index contributed by atoms with van der Waals surface area (Å²) < 4.78 is 0. The van der Waals surface area contributed by atoms with E-state index in [1.807, 2.05) is 24.3 Å². The van der Waals surface area contributed by atoms with Gasteiger partial charge in [0, 0.05) is 12.2 Å². The predicted octanol–water partition coefficient (Wildman–Crippen LogP) is 2.57. The molecule has 0 atom stereocenters. The van der Waals surface area contributed by atoms with Gasteiger partial charge in [0.05, 0.1) is 0 Å². The molecule has 0 saturated carbocycles. The molecular weight excluding hydrogens is 192 g/mol. The van der Waals surface area contributed by atoms with Gasteiger partial charge in [-0.25, -0.2) is 0 Å². The molecule has 0 aromatic heterocycles. The number of rotatable bonds is 3. The van der Waals surface area contributed by atoms with Crippen LogP contribution in [0.2, 0.25) is 0 Å². The Morgan fingerprint density at radius 3 is 2.57 bits per heavy atom. The van der Waals surface area contributed by atoms with Crippen molar-refractivity contribution in [3.8, 4) is 0 Å². The van der Waals surface area contributed by atoms with Gasteiger partial charge in [0.1, 0.15) is 0 Å². The van der Waals surface area contributed by atoms with Gasteiger partial charge < -0.3 is 10.6 Å². The van der Waals surface area contributed by atoms with Crippen LogP contribution in [0, 0.1) is 6.92 Å². The molecule has 0 saturated heterocycles. The third-order valence-corrected chi connectivity index (χ3v) is 1.99. The Labute approximate surface area is 90.7 Å². The van der Waals surface area contributed by atoms with E-state index in [0.717, 1.165) is 24.2 Å². The normalized spacial score (nSPS) is 9.57. The molecular formula is C11H15N2S. The first-order chi connectivity index (χ1) is 6.72. The van der Waals surface area contributed by atoms with Crippen LogP contribution in [-0.4, -0.2) is 11.7 Å².